The molecule has 2 aromatic rings. The fourth-order valence-corrected chi connectivity index (χ4v) is 1.85. The lowest BCUT2D eigenvalue weighted by atomic mass is 9.98. The molecule has 0 saturated heterocycles. The maximum Gasteiger partial charge on any atom is 0.170 e. The van der Waals surface area contributed by atoms with Crippen molar-refractivity contribution in [1.82, 2.24) is 0 Å². The van der Waals surface area contributed by atoms with Crippen molar-refractivity contribution in [3.8, 4) is 5.75 Å². The molecule has 0 amide bonds. The van der Waals surface area contributed by atoms with Crippen molar-refractivity contribution < 1.29 is 17.9 Å². The Kier molecular flexibility index (Phi) is 3.76. The van der Waals surface area contributed by atoms with Crippen LogP contribution in [-0.2, 0) is 0 Å². The Balaban J connectivity index is 2.47. The quantitative estimate of drug-likeness (QED) is 0.927. The summed E-state index contributed by atoms with van der Waals surface area (Å²) in [5, 5.41) is 0. The second-order valence-corrected chi connectivity index (χ2v) is 4.01. The fraction of sp³-hybridized carbons (Fsp3) is 0.143. The maximum atomic E-state index is 14.0. The molecule has 2 aromatic carbocycles. The lowest BCUT2D eigenvalue weighted by molar-refractivity contribution is 0.383. The first-order valence-corrected chi connectivity index (χ1v) is 5.57. The number of halogens is 3. The van der Waals surface area contributed by atoms with Gasteiger partial charge in [-0.3, -0.25) is 0 Å². The van der Waals surface area contributed by atoms with Crippen molar-refractivity contribution in [2.24, 2.45) is 5.73 Å². The summed E-state index contributed by atoms with van der Waals surface area (Å²) < 4.78 is 45.3. The van der Waals surface area contributed by atoms with Crippen LogP contribution >= 0.6 is 0 Å². The van der Waals surface area contributed by atoms with Crippen LogP contribution < -0.4 is 10.5 Å². The summed E-state index contributed by atoms with van der Waals surface area (Å²) in [6, 6.07) is 6.39. The fourth-order valence-electron chi connectivity index (χ4n) is 1.85. The van der Waals surface area contributed by atoms with Crippen LogP contribution in [0.25, 0.3) is 0 Å². The number of nitrogens with two attached hydrogens (primary N) is 1. The molecular formula is C14H12F3NO. The van der Waals surface area contributed by atoms with Crippen LogP contribution in [-0.4, -0.2) is 7.11 Å². The van der Waals surface area contributed by atoms with Crippen LogP contribution in [0.1, 0.15) is 17.2 Å². The molecule has 0 aliphatic rings. The molecule has 2 rings (SSSR count). The minimum Gasteiger partial charge on any atom is -0.494 e. The molecule has 0 aromatic heterocycles. The van der Waals surface area contributed by atoms with Crippen molar-refractivity contribution in [2.75, 3.05) is 7.11 Å². The van der Waals surface area contributed by atoms with Crippen LogP contribution in [0.2, 0.25) is 0 Å². The van der Waals surface area contributed by atoms with E-state index in [-0.39, 0.29) is 16.9 Å². The third kappa shape index (κ3) is 2.56. The van der Waals surface area contributed by atoms with Gasteiger partial charge in [-0.05, 0) is 12.1 Å². The maximum absolute atomic E-state index is 14.0. The molecule has 0 bridgehead atoms. The average molecular weight is 267 g/mol. The number of hydrogen-bond donors (Lipinski definition) is 1. The Bertz CT molecular complexity index is 601. The number of hydrogen-bond acceptors (Lipinski definition) is 2. The van der Waals surface area contributed by atoms with Gasteiger partial charge in [-0.2, -0.15) is 0 Å². The summed E-state index contributed by atoms with van der Waals surface area (Å²) in [6.45, 7) is 0. The summed E-state index contributed by atoms with van der Waals surface area (Å²) in [6.07, 6.45) is 0. The van der Waals surface area contributed by atoms with E-state index in [1.807, 2.05) is 0 Å². The van der Waals surface area contributed by atoms with Crippen LogP contribution in [0, 0.1) is 17.5 Å². The molecule has 0 radical (unpaired) electrons. The van der Waals surface area contributed by atoms with Gasteiger partial charge in [0.05, 0.1) is 13.2 Å². The van der Waals surface area contributed by atoms with E-state index in [0.29, 0.717) is 6.07 Å². The molecule has 0 aliphatic heterocycles. The number of benzene rings is 2. The van der Waals surface area contributed by atoms with E-state index in [4.69, 9.17) is 10.5 Å². The standard InChI is InChI=1S/C14H12F3NO/c1-19-12-4-2-3-10(13(12)17)14(18)9-6-5-8(15)7-11(9)16/h2-7,14H,18H2,1H3. The zero-order valence-electron chi connectivity index (χ0n) is 10.2. The third-order valence-electron chi connectivity index (χ3n) is 2.85. The molecule has 100 valence electrons. The third-order valence-corrected chi connectivity index (χ3v) is 2.85. The van der Waals surface area contributed by atoms with Gasteiger partial charge < -0.3 is 10.5 Å². The first-order valence-electron chi connectivity index (χ1n) is 5.57. The zero-order chi connectivity index (χ0) is 14.0. The van der Waals surface area contributed by atoms with Crippen molar-refractivity contribution in [2.45, 2.75) is 6.04 Å². The van der Waals surface area contributed by atoms with Crippen molar-refractivity contribution in [3.63, 3.8) is 0 Å². The molecule has 0 heterocycles. The Labute approximate surface area is 108 Å². The molecule has 5 heteroatoms. The van der Waals surface area contributed by atoms with Gasteiger partial charge in [0.25, 0.3) is 0 Å². The van der Waals surface area contributed by atoms with Gasteiger partial charge in [0.1, 0.15) is 11.6 Å². The minimum atomic E-state index is -1.03. The van der Waals surface area contributed by atoms with Crippen LogP contribution in [0.5, 0.6) is 5.75 Å². The van der Waals surface area contributed by atoms with E-state index in [2.05, 4.69) is 0 Å². The van der Waals surface area contributed by atoms with Gasteiger partial charge in [-0.1, -0.05) is 18.2 Å². The van der Waals surface area contributed by atoms with Gasteiger partial charge >= 0.3 is 0 Å². The van der Waals surface area contributed by atoms with Gasteiger partial charge in [0.15, 0.2) is 11.6 Å². The van der Waals surface area contributed by atoms with Crippen LogP contribution in [0.4, 0.5) is 13.2 Å². The van der Waals surface area contributed by atoms with E-state index in [1.165, 1.54) is 25.3 Å². The molecule has 0 fully saturated rings. The van der Waals surface area contributed by atoms with Gasteiger partial charge in [-0.25, -0.2) is 13.2 Å². The zero-order valence-corrected chi connectivity index (χ0v) is 10.2. The summed E-state index contributed by atoms with van der Waals surface area (Å²) >= 11 is 0. The topological polar surface area (TPSA) is 35.2 Å². The molecule has 0 spiro atoms. The van der Waals surface area contributed by atoms with Crippen LogP contribution in [0.15, 0.2) is 36.4 Å². The van der Waals surface area contributed by atoms with Gasteiger partial charge in [0.2, 0.25) is 0 Å². The Morgan fingerprint density at radius 3 is 2.42 bits per heavy atom. The first-order chi connectivity index (χ1) is 9.04. The highest BCUT2D eigenvalue weighted by atomic mass is 19.1. The average Bonchev–Trinajstić information content (AvgIpc) is 2.38. The number of methoxy groups -OCH3 is 1. The summed E-state index contributed by atoms with van der Waals surface area (Å²) in [7, 11) is 1.33. The summed E-state index contributed by atoms with van der Waals surface area (Å²) in [5.74, 6) is -2.15. The Hall–Kier alpha value is -2.01. The molecular weight excluding hydrogens is 255 g/mol. The lowest BCUT2D eigenvalue weighted by Crippen LogP contribution is -2.15. The summed E-state index contributed by atoms with van der Waals surface area (Å²) in [5.41, 5.74) is 5.94. The second kappa shape index (κ2) is 5.32. The Morgan fingerprint density at radius 1 is 1.05 bits per heavy atom. The molecule has 1 atom stereocenters. The summed E-state index contributed by atoms with van der Waals surface area (Å²) in [4.78, 5) is 0. The highest BCUT2D eigenvalue weighted by Gasteiger charge is 2.19. The number of rotatable bonds is 3. The predicted octanol–water partition coefficient (Wildman–Crippen LogP) is 3.16. The van der Waals surface area contributed by atoms with E-state index < -0.39 is 23.5 Å². The predicted molar refractivity (Wildman–Crippen MR) is 65.3 cm³/mol. The van der Waals surface area contributed by atoms with Gasteiger partial charge in [0, 0.05) is 17.2 Å². The van der Waals surface area contributed by atoms with Gasteiger partial charge in [-0.15, -0.1) is 0 Å². The molecule has 0 saturated carbocycles. The van der Waals surface area contributed by atoms with E-state index in [1.54, 1.807) is 6.07 Å². The minimum absolute atomic E-state index is 0.0218. The molecule has 2 nitrogen and oxygen atoms in total. The van der Waals surface area contributed by atoms with Crippen molar-refractivity contribution >= 4 is 0 Å². The lowest BCUT2D eigenvalue weighted by Gasteiger charge is -2.15. The highest BCUT2D eigenvalue weighted by molar-refractivity contribution is 5.38. The van der Waals surface area contributed by atoms with E-state index in [0.717, 1.165) is 6.07 Å². The molecule has 2 N–H and O–H groups in total. The first kappa shape index (κ1) is 13.4. The van der Waals surface area contributed by atoms with E-state index >= 15 is 0 Å². The molecule has 19 heavy (non-hydrogen) atoms. The highest BCUT2D eigenvalue weighted by Crippen LogP contribution is 2.29. The van der Waals surface area contributed by atoms with Crippen LogP contribution in [0.3, 0.4) is 0 Å². The number of ether oxygens (including phenoxy) is 1. The molecule has 0 aliphatic carbocycles. The van der Waals surface area contributed by atoms with E-state index in [9.17, 15) is 13.2 Å². The SMILES string of the molecule is COc1cccc(C(N)c2ccc(F)cc2F)c1F. The molecule has 1 unspecified atom stereocenters. The Morgan fingerprint density at radius 2 is 1.79 bits per heavy atom. The largest absolute Gasteiger partial charge is 0.494 e. The normalized spacial score (nSPS) is 12.3. The van der Waals surface area contributed by atoms with Crippen molar-refractivity contribution in [3.05, 3.63) is 65.0 Å². The smallest absolute Gasteiger partial charge is 0.170 e. The second-order valence-electron chi connectivity index (χ2n) is 4.01. The van der Waals surface area contributed by atoms with Crippen molar-refractivity contribution in [1.29, 1.82) is 0 Å². The monoisotopic (exact) mass is 267 g/mol.